The Balaban J connectivity index is 2.31. The van der Waals surface area contributed by atoms with Crippen molar-refractivity contribution in [1.82, 2.24) is 10.3 Å². The normalized spacial score (nSPS) is 12.4. The van der Waals surface area contributed by atoms with Crippen molar-refractivity contribution in [3.8, 4) is 0 Å². The van der Waals surface area contributed by atoms with Crippen molar-refractivity contribution in [2.24, 2.45) is 5.73 Å². The SMILES string of the molecule is CCC(C)NC(=O)Cc1csc(CCCCCN)n1. The van der Waals surface area contributed by atoms with Crippen molar-refractivity contribution in [2.75, 3.05) is 6.54 Å². The van der Waals surface area contributed by atoms with Crippen LogP contribution in [-0.4, -0.2) is 23.5 Å². The molecule has 1 heterocycles. The molecule has 4 nitrogen and oxygen atoms in total. The molecule has 1 aromatic rings. The maximum absolute atomic E-state index is 11.7. The molecule has 0 aliphatic rings. The summed E-state index contributed by atoms with van der Waals surface area (Å²) >= 11 is 1.65. The Morgan fingerprint density at radius 1 is 1.47 bits per heavy atom. The highest BCUT2D eigenvalue weighted by Crippen LogP contribution is 2.13. The molecule has 108 valence electrons. The van der Waals surface area contributed by atoms with Crippen molar-refractivity contribution in [3.05, 3.63) is 16.1 Å². The zero-order valence-electron chi connectivity index (χ0n) is 11.9. The summed E-state index contributed by atoms with van der Waals surface area (Å²) in [6.45, 7) is 4.84. The fourth-order valence-electron chi connectivity index (χ4n) is 1.73. The van der Waals surface area contributed by atoms with Gasteiger partial charge in [-0.25, -0.2) is 4.98 Å². The molecule has 0 aromatic carbocycles. The molecule has 0 aliphatic carbocycles. The third-order valence-corrected chi connectivity index (χ3v) is 4.01. The predicted molar refractivity (Wildman–Crippen MR) is 80.3 cm³/mol. The summed E-state index contributed by atoms with van der Waals surface area (Å²) < 4.78 is 0. The minimum Gasteiger partial charge on any atom is -0.353 e. The molecule has 0 aliphatic heterocycles. The topological polar surface area (TPSA) is 68.0 Å². The van der Waals surface area contributed by atoms with Gasteiger partial charge in [-0.2, -0.15) is 0 Å². The van der Waals surface area contributed by atoms with Gasteiger partial charge in [0.05, 0.1) is 17.1 Å². The van der Waals surface area contributed by atoms with Crippen LogP contribution in [0.2, 0.25) is 0 Å². The van der Waals surface area contributed by atoms with Gasteiger partial charge in [-0.15, -0.1) is 11.3 Å². The molecular formula is C14H25N3OS. The number of hydrogen-bond acceptors (Lipinski definition) is 4. The van der Waals surface area contributed by atoms with E-state index in [-0.39, 0.29) is 11.9 Å². The van der Waals surface area contributed by atoms with Crippen LogP contribution < -0.4 is 11.1 Å². The Morgan fingerprint density at radius 2 is 2.26 bits per heavy atom. The van der Waals surface area contributed by atoms with Gasteiger partial charge in [-0.1, -0.05) is 13.3 Å². The molecule has 5 heteroatoms. The van der Waals surface area contributed by atoms with Crippen LogP contribution in [0.5, 0.6) is 0 Å². The molecule has 1 amide bonds. The average molecular weight is 283 g/mol. The number of aromatic nitrogens is 1. The van der Waals surface area contributed by atoms with Crippen LogP contribution in [0.25, 0.3) is 0 Å². The van der Waals surface area contributed by atoms with Gasteiger partial charge in [0.25, 0.3) is 0 Å². The Bertz CT molecular complexity index is 379. The average Bonchev–Trinajstić information content (AvgIpc) is 2.82. The molecule has 1 unspecified atom stereocenters. The van der Waals surface area contributed by atoms with Crippen molar-refractivity contribution >= 4 is 17.2 Å². The molecule has 0 spiro atoms. The summed E-state index contributed by atoms with van der Waals surface area (Å²) in [6, 6.07) is 0.238. The third-order valence-electron chi connectivity index (χ3n) is 3.06. The largest absolute Gasteiger partial charge is 0.353 e. The van der Waals surface area contributed by atoms with E-state index in [1.165, 1.54) is 0 Å². The standard InChI is InChI=1S/C14H25N3OS/c1-3-11(2)16-13(18)9-12-10-19-14(17-12)7-5-4-6-8-15/h10-11H,3-9,15H2,1-2H3,(H,16,18). The number of unbranched alkanes of at least 4 members (excludes halogenated alkanes) is 2. The number of nitrogens with two attached hydrogens (primary N) is 1. The van der Waals surface area contributed by atoms with E-state index in [2.05, 4.69) is 17.2 Å². The quantitative estimate of drug-likeness (QED) is 0.683. The molecular weight excluding hydrogens is 258 g/mol. The number of aryl methyl sites for hydroxylation is 1. The van der Waals surface area contributed by atoms with Gasteiger partial charge < -0.3 is 11.1 Å². The smallest absolute Gasteiger partial charge is 0.226 e. The minimum absolute atomic E-state index is 0.0642. The van der Waals surface area contributed by atoms with E-state index in [0.717, 1.165) is 49.4 Å². The zero-order chi connectivity index (χ0) is 14.1. The van der Waals surface area contributed by atoms with Gasteiger partial charge >= 0.3 is 0 Å². The summed E-state index contributed by atoms with van der Waals surface area (Å²) in [7, 11) is 0. The van der Waals surface area contributed by atoms with Crippen LogP contribution in [0, 0.1) is 0 Å². The van der Waals surface area contributed by atoms with E-state index < -0.39 is 0 Å². The van der Waals surface area contributed by atoms with E-state index in [9.17, 15) is 4.79 Å². The molecule has 1 aromatic heterocycles. The number of thiazole rings is 1. The monoisotopic (exact) mass is 283 g/mol. The van der Waals surface area contributed by atoms with Crippen LogP contribution in [0.3, 0.4) is 0 Å². The molecule has 0 fully saturated rings. The van der Waals surface area contributed by atoms with Crippen molar-refractivity contribution in [1.29, 1.82) is 0 Å². The maximum Gasteiger partial charge on any atom is 0.226 e. The van der Waals surface area contributed by atoms with E-state index in [4.69, 9.17) is 5.73 Å². The van der Waals surface area contributed by atoms with Crippen LogP contribution >= 0.6 is 11.3 Å². The molecule has 1 rings (SSSR count). The van der Waals surface area contributed by atoms with E-state index in [1.807, 2.05) is 12.3 Å². The number of rotatable bonds is 9. The molecule has 0 saturated carbocycles. The number of carbonyl (C=O) groups is 1. The number of hydrogen-bond donors (Lipinski definition) is 2. The summed E-state index contributed by atoms with van der Waals surface area (Å²) in [5.74, 6) is 0.0642. The van der Waals surface area contributed by atoms with Gasteiger partial charge in [0.15, 0.2) is 0 Å². The molecule has 0 radical (unpaired) electrons. The van der Waals surface area contributed by atoms with Gasteiger partial charge in [0, 0.05) is 11.4 Å². The van der Waals surface area contributed by atoms with Gasteiger partial charge in [-0.3, -0.25) is 4.79 Å². The maximum atomic E-state index is 11.7. The number of nitrogens with one attached hydrogen (secondary N) is 1. The molecule has 19 heavy (non-hydrogen) atoms. The minimum atomic E-state index is 0.0642. The first-order chi connectivity index (χ1) is 9.15. The van der Waals surface area contributed by atoms with Gasteiger partial charge in [0.2, 0.25) is 5.91 Å². The zero-order valence-corrected chi connectivity index (χ0v) is 12.8. The number of amides is 1. The second-order valence-corrected chi connectivity index (χ2v) is 5.83. The van der Waals surface area contributed by atoms with Gasteiger partial charge in [0.1, 0.15) is 0 Å². The lowest BCUT2D eigenvalue weighted by molar-refractivity contribution is -0.121. The van der Waals surface area contributed by atoms with Crippen LogP contribution in [0.15, 0.2) is 5.38 Å². The van der Waals surface area contributed by atoms with Crippen molar-refractivity contribution in [2.45, 2.75) is 58.4 Å². The van der Waals surface area contributed by atoms with E-state index >= 15 is 0 Å². The fraction of sp³-hybridized carbons (Fsp3) is 0.714. The van der Waals surface area contributed by atoms with Crippen LogP contribution in [0.4, 0.5) is 0 Å². The van der Waals surface area contributed by atoms with Crippen molar-refractivity contribution < 1.29 is 4.79 Å². The molecule has 0 saturated heterocycles. The Morgan fingerprint density at radius 3 is 2.95 bits per heavy atom. The summed E-state index contributed by atoms with van der Waals surface area (Å²) in [6.07, 6.45) is 5.70. The van der Waals surface area contributed by atoms with Crippen LogP contribution in [-0.2, 0) is 17.6 Å². The summed E-state index contributed by atoms with van der Waals surface area (Å²) in [5.41, 5.74) is 6.35. The molecule has 3 N–H and O–H groups in total. The summed E-state index contributed by atoms with van der Waals surface area (Å²) in [5, 5.41) is 6.08. The Labute approximate surface area is 119 Å². The first-order valence-electron chi connectivity index (χ1n) is 7.08. The highest BCUT2D eigenvalue weighted by atomic mass is 32.1. The first kappa shape index (κ1) is 16.1. The first-order valence-corrected chi connectivity index (χ1v) is 7.96. The van der Waals surface area contributed by atoms with Crippen LogP contribution in [0.1, 0.15) is 50.2 Å². The Hall–Kier alpha value is -0.940. The lowest BCUT2D eigenvalue weighted by atomic mass is 10.2. The summed E-state index contributed by atoms with van der Waals surface area (Å²) in [4.78, 5) is 16.2. The fourth-order valence-corrected chi connectivity index (χ4v) is 2.57. The molecule has 0 bridgehead atoms. The molecule has 1 atom stereocenters. The Kier molecular flexibility index (Phi) is 7.67. The predicted octanol–water partition coefficient (Wildman–Crippen LogP) is 2.27. The number of nitrogens with zero attached hydrogens (tertiary/aromatic N) is 1. The van der Waals surface area contributed by atoms with E-state index in [0.29, 0.717) is 6.42 Å². The third kappa shape index (κ3) is 6.68. The van der Waals surface area contributed by atoms with E-state index in [1.54, 1.807) is 11.3 Å². The second kappa shape index (κ2) is 9.04. The lowest BCUT2D eigenvalue weighted by Crippen LogP contribution is -2.33. The van der Waals surface area contributed by atoms with Gasteiger partial charge in [-0.05, 0) is 39.2 Å². The highest BCUT2D eigenvalue weighted by Gasteiger charge is 2.09. The second-order valence-electron chi connectivity index (χ2n) is 4.89. The number of carbonyl (C=O) groups excluding carboxylic acids is 1. The lowest BCUT2D eigenvalue weighted by Gasteiger charge is -2.10. The highest BCUT2D eigenvalue weighted by molar-refractivity contribution is 7.09. The van der Waals surface area contributed by atoms with Crippen molar-refractivity contribution in [3.63, 3.8) is 0 Å².